The predicted octanol–water partition coefficient (Wildman–Crippen LogP) is 3.05. The van der Waals surface area contributed by atoms with E-state index in [2.05, 4.69) is 25.6 Å². The van der Waals surface area contributed by atoms with Crippen molar-refractivity contribution in [1.29, 1.82) is 0 Å². The maximum atomic E-state index is 6.64. The molecule has 0 aromatic carbocycles. The van der Waals surface area contributed by atoms with Crippen LogP contribution in [0.25, 0.3) is 27.9 Å². The number of H-pyrrole nitrogens is 1. The van der Waals surface area contributed by atoms with E-state index in [9.17, 15) is 0 Å². The molecule has 2 aliphatic rings. The van der Waals surface area contributed by atoms with Gasteiger partial charge >= 0.3 is 0 Å². The van der Waals surface area contributed by atoms with E-state index < -0.39 is 0 Å². The average molecular weight is 478 g/mol. The van der Waals surface area contributed by atoms with Gasteiger partial charge in [0.15, 0.2) is 5.65 Å². The zero-order valence-corrected chi connectivity index (χ0v) is 19.3. The Hall–Kier alpha value is -3.08. The minimum Gasteiger partial charge on any atom is -0.355 e. The van der Waals surface area contributed by atoms with Crippen LogP contribution < -0.4 is 10.6 Å². The van der Waals surface area contributed by atoms with Crippen molar-refractivity contribution in [2.45, 2.75) is 12.3 Å². The number of nitrogens with two attached hydrogens (primary N) is 1. The summed E-state index contributed by atoms with van der Waals surface area (Å²) < 4.78 is 1.73. The summed E-state index contributed by atoms with van der Waals surface area (Å²) in [4.78, 5) is 16.6. The van der Waals surface area contributed by atoms with Crippen molar-refractivity contribution >= 4 is 45.4 Å². The monoisotopic (exact) mass is 477 g/mol. The molecule has 0 amide bonds. The van der Waals surface area contributed by atoms with Crippen molar-refractivity contribution in [3.05, 3.63) is 51.8 Å². The van der Waals surface area contributed by atoms with Gasteiger partial charge in [-0.3, -0.25) is 5.10 Å². The van der Waals surface area contributed by atoms with Gasteiger partial charge in [-0.1, -0.05) is 11.6 Å². The number of aryl methyl sites for hydroxylation is 1. The number of aromatic amines is 1. The average Bonchev–Trinajstić information content (AvgIpc) is 3.46. The highest BCUT2D eigenvalue weighted by molar-refractivity contribution is 7.09. The second-order valence-corrected chi connectivity index (χ2v) is 10.1. The molecule has 6 heterocycles. The highest BCUT2D eigenvalue weighted by atomic mass is 35.5. The first-order chi connectivity index (χ1) is 16.1. The quantitative estimate of drug-likeness (QED) is 0.409. The number of nitrogens with one attached hydrogen (secondary N) is 1. The van der Waals surface area contributed by atoms with Crippen molar-refractivity contribution in [2.24, 2.45) is 17.6 Å². The van der Waals surface area contributed by atoms with Gasteiger partial charge in [-0.25, -0.2) is 19.5 Å². The molecular formula is C22H20ClN9S. The first kappa shape index (κ1) is 19.4. The summed E-state index contributed by atoms with van der Waals surface area (Å²) in [6.45, 7) is 4.50. The van der Waals surface area contributed by atoms with Crippen LogP contribution in [0.15, 0.2) is 36.1 Å². The summed E-state index contributed by atoms with van der Waals surface area (Å²) in [6.07, 6.45) is 5.41. The molecule has 11 heteroatoms. The largest absolute Gasteiger partial charge is 0.355 e. The van der Waals surface area contributed by atoms with Crippen LogP contribution in [-0.2, 0) is 5.41 Å². The standard InChI is InChI=1S/C22H20ClN9S/c1-11-9-33-21(27-11)22(10-24)13-7-31(8-14(13)22)16-6-25-19-18(29-30-20(19)28-16)12-3-5-32-15(17(12)23)2-4-26-32/h2-6,9,13-14H,7-8,10,24H2,1H3,(H,28,29,30)/t13-,14+,22?. The molecule has 5 aromatic rings. The number of aromatic nitrogens is 7. The van der Waals surface area contributed by atoms with Crippen LogP contribution in [0.4, 0.5) is 5.82 Å². The molecule has 0 radical (unpaired) electrons. The lowest BCUT2D eigenvalue weighted by molar-refractivity contribution is 0.549. The van der Waals surface area contributed by atoms with E-state index in [4.69, 9.17) is 32.3 Å². The minimum absolute atomic E-state index is 0.0250. The summed E-state index contributed by atoms with van der Waals surface area (Å²) >= 11 is 8.37. The van der Waals surface area contributed by atoms with Gasteiger partial charge in [-0.15, -0.1) is 11.3 Å². The van der Waals surface area contributed by atoms with E-state index in [0.29, 0.717) is 40.3 Å². The second-order valence-electron chi connectivity index (χ2n) is 8.86. The van der Waals surface area contributed by atoms with E-state index >= 15 is 0 Å². The van der Waals surface area contributed by atoms with E-state index in [1.807, 2.05) is 31.5 Å². The Kier molecular flexibility index (Phi) is 3.95. The molecule has 1 unspecified atom stereocenters. The fourth-order valence-electron chi connectivity index (χ4n) is 5.48. The van der Waals surface area contributed by atoms with Gasteiger partial charge in [0.2, 0.25) is 0 Å². The van der Waals surface area contributed by atoms with Crippen molar-refractivity contribution < 1.29 is 0 Å². The van der Waals surface area contributed by atoms with Crippen LogP contribution in [0.5, 0.6) is 0 Å². The summed E-state index contributed by atoms with van der Waals surface area (Å²) in [5.74, 6) is 1.86. The van der Waals surface area contributed by atoms with Gasteiger partial charge in [0.1, 0.15) is 22.0 Å². The number of hydrogen-bond donors (Lipinski definition) is 2. The molecule has 9 nitrogen and oxygen atoms in total. The van der Waals surface area contributed by atoms with Crippen molar-refractivity contribution in [2.75, 3.05) is 24.5 Å². The van der Waals surface area contributed by atoms with E-state index in [1.54, 1.807) is 22.0 Å². The Morgan fingerprint density at radius 2 is 2.12 bits per heavy atom. The zero-order valence-electron chi connectivity index (χ0n) is 17.7. The molecule has 3 atom stereocenters. The lowest BCUT2D eigenvalue weighted by Crippen LogP contribution is -2.35. The third-order valence-electron chi connectivity index (χ3n) is 7.24. The third kappa shape index (κ3) is 2.59. The number of fused-ring (bicyclic) bond motifs is 3. The number of anilines is 1. The van der Waals surface area contributed by atoms with Gasteiger partial charge < -0.3 is 10.6 Å². The van der Waals surface area contributed by atoms with E-state index in [1.165, 1.54) is 5.01 Å². The SMILES string of the molecule is Cc1csc(C2(CN)[C@@H]3CN(c4cnc5c(-c6ccn7nccc7c6Cl)n[nH]c5n4)C[C@@H]32)n1. The van der Waals surface area contributed by atoms with Crippen molar-refractivity contribution in [3.8, 4) is 11.3 Å². The second kappa shape index (κ2) is 6.72. The lowest BCUT2D eigenvalue weighted by atomic mass is 10.0. The Morgan fingerprint density at radius 1 is 1.27 bits per heavy atom. The molecule has 166 valence electrons. The van der Waals surface area contributed by atoms with Gasteiger partial charge in [-0.05, 0) is 30.9 Å². The highest BCUT2D eigenvalue weighted by Crippen LogP contribution is 2.63. The number of piperidine rings is 1. The number of nitrogens with zero attached hydrogens (tertiary/aromatic N) is 7. The van der Waals surface area contributed by atoms with Gasteiger partial charge in [-0.2, -0.15) is 10.2 Å². The van der Waals surface area contributed by atoms with Crippen LogP contribution in [0.2, 0.25) is 5.02 Å². The normalized spacial score (nSPS) is 24.2. The molecule has 0 bridgehead atoms. The summed E-state index contributed by atoms with van der Waals surface area (Å²) in [7, 11) is 0. The summed E-state index contributed by atoms with van der Waals surface area (Å²) in [5, 5.41) is 15.6. The molecule has 3 N–H and O–H groups in total. The number of rotatable bonds is 4. The van der Waals surface area contributed by atoms with E-state index in [0.717, 1.165) is 35.7 Å². The Morgan fingerprint density at radius 3 is 2.88 bits per heavy atom. The number of hydrogen-bond acceptors (Lipinski definition) is 8. The number of halogens is 1. The van der Waals surface area contributed by atoms with Crippen LogP contribution in [-0.4, -0.2) is 54.4 Å². The van der Waals surface area contributed by atoms with Crippen molar-refractivity contribution in [3.63, 3.8) is 0 Å². The van der Waals surface area contributed by atoms with E-state index in [-0.39, 0.29) is 5.41 Å². The molecule has 1 saturated heterocycles. The Labute approximate surface area is 197 Å². The maximum Gasteiger partial charge on any atom is 0.177 e. The number of pyridine rings is 1. The molecular weight excluding hydrogens is 458 g/mol. The molecule has 2 fully saturated rings. The van der Waals surface area contributed by atoms with Crippen LogP contribution in [0, 0.1) is 18.8 Å². The first-order valence-corrected chi connectivity index (χ1v) is 12.1. The van der Waals surface area contributed by atoms with Gasteiger partial charge in [0, 0.05) is 47.9 Å². The molecule has 1 aliphatic carbocycles. The van der Waals surface area contributed by atoms with Crippen LogP contribution >= 0.6 is 22.9 Å². The third-order valence-corrected chi connectivity index (χ3v) is 8.79. The smallest absolute Gasteiger partial charge is 0.177 e. The first-order valence-electron chi connectivity index (χ1n) is 10.8. The zero-order chi connectivity index (χ0) is 22.3. The van der Waals surface area contributed by atoms with Crippen LogP contribution in [0.3, 0.4) is 0 Å². The minimum atomic E-state index is 0.0250. The maximum absolute atomic E-state index is 6.64. The topological polar surface area (TPSA) is 114 Å². The predicted molar refractivity (Wildman–Crippen MR) is 128 cm³/mol. The highest BCUT2D eigenvalue weighted by Gasteiger charge is 2.69. The van der Waals surface area contributed by atoms with Gasteiger partial charge in [0.25, 0.3) is 0 Å². The summed E-state index contributed by atoms with van der Waals surface area (Å²) in [5.41, 5.74) is 11.0. The molecule has 33 heavy (non-hydrogen) atoms. The summed E-state index contributed by atoms with van der Waals surface area (Å²) in [6, 6.07) is 3.77. The fraction of sp³-hybridized carbons (Fsp3) is 0.318. The molecule has 1 saturated carbocycles. The Bertz CT molecular complexity index is 1520. The fourth-order valence-corrected chi connectivity index (χ4v) is 6.91. The lowest BCUT2D eigenvalue weighted by Gasteiger charge is -2.25. The van der Waals surface area contributed by atoms with Gasteiger partial charge in [0.05, 0.1) is 22.9 Å². The number of thiazole rings is 1. The molecule has 7 rings (SSSR count). The van der Waals surface area contributed by atoms with Crippen molar-refractivity contribution in [1.82, 2.24) is 34.8 Å². The Balaban J connectivity index is 1.18. The molecule has 0 spiro atoms. The molecule has 1 aliphatic heterocycles. The van der Waals surface area contributed by atoms with Crippen LogP contribution in [0.1, 0.15) is 10.7 Å². The molecule has 5 aromatic heterocycles.